The van der Waals surface area contributed by atoms with Crippen molar-refractivity contribution >= 4 is 11.9 Å². The highest BCUT2D eigenvalue weighted by atomic mass is 16.7. The average molecular weight is 967 g/mol. The van der Waals surface area contributed by atoms with Gasteiger partial charge in [-0.3, -0.25) is 9.59 Å². The first-order chi connectivity index (χ1) is 32.2. The van der Waals surface area contributed by atoms with Crippen molar-refractivity contribution in [2.75, 3.05) is 13.2 Å². The van der Waals surface area contributed by atoms with Crippen LogP contribution in [0.4, 0.5) is 0 Å². The number of allylic oxidation sites excluding steroid dienone is 12. The smallest absolute Gasteiger partial charge is 0.308 e. The number of nitrogens with one attached hydrogen (secondary N) is 1. The normalized spacial score (nSPS) is 44.0. The minimum Gasteiger partial charge on any atom is -0.462 e. The maximum Gasteiger partial charge on any atom is 0.308 e. The third-order valence-corrected chi connectivity index (χ3v) is 12.5. The van der Waals surface area contributed by atoms with Crippen LogP contribution >= 0.6 is 0 Å². The van der Waals surface area contributed by atoms with Gasteiger partial charge in [0.1, 0.15) is 12.2 Å². The number of hydrogen-bond acceptors (Lipinski definition) is 18. The number of amides is 1. The van der Waals surface area contributed by atoms with Gasteiger partial charge in [0.05, 0.1) is 92.1 Å². The molecule has 3 aliphatic rings. The molecule has 0 saturated carbocycles. The highest BCUT2D eigenvalue weighted by Gasteiger charge is 2.51. The molecule has 14 unspecified atom stereocenters. The largest absolute Gasteiger partial charge is 0.462 e. The number of esters is 1. The Balaban J connectivity index is 1.91. The maximum atomic E-state index is 13.4. The average Bonchev–Trinajstić information content (AvgIpc) is 3.26. The Kier molecular flexibility index (Phi) is 25.6. The SMILES string of the molecule is CC1OC(OC2/C=C/C=C/C=C/C=C/C=C/C=C/C=C/[C@H](C)C(O)[C@@H](C)[C@H](C)OC(=O)CC(O)CC(O)CCC(O)C(O)CC(O)CC3(O)C[C@H](O)C(C(=O)NCCO)[C@H](C2)O3)C(O)C(N)C1O. The molecule has 1 amide bonds. The molecule has 3 rings (SSSR count). The van der Waals surface area contributed by atoms with Crippen molar-refractivity contribution in [3.05, 3.63) is 85.1 Å². The van der Waals surface area contributed by atoms with E-state index in [-0.39, 0.29) is 38.1 Å². The molecule has 68 heavy (non-hydrogen) atoms. The number of aliphatic hydroxyl groups excluding tert-OH is 10. The fourth-order valence-electron chi connectivity index (χ4n) is 8.29. The number of ether oxygens (including phenoxy) is 4. The zero-order valence-corrected chi connectivity index (χ0v) is 39.5. The van der Waals surface area contributed by atoms with Crippen LogP contribution in [0.25, 0.3) is 0 Å². The van der Waals surface area contributed by atoms with Crippen LogP contribution in [-0.2, 0) is 28.5 Å². The van der Waals surface area contributed by atoms with Gasteiger partial charge in [-0.2, -0.15) is 0 Å². The van der Waals surface area contributed by atoms with Crippen LogP contribution in [-0.4, -0.2) is 179 Å². The van der Waals surface area contributed by atoms with Crippen LogP contribution in [0.5, 0.6) is 0 Å². The van der Waals surface area contributed by atoms with E-state index in [4.69, 9.17) is 24.7 Å². The molecule has 14 N–H and O–H groups in total. The number of aliphatic hydroxyl groups is 11. The van der Waals surface area contributed by atoms with Crippen LogP contribution in [0.2, 0.25) is 0 Å². The van der Waals surface area contributed by atoms with E-state index in [1.54, 1.807) is 81.5 Å². The number of rotatable bonds is 5. The first kappa shape index (κ1) is 58.8. The molecule has 19 heteroatoms. The van der Waals surface area contributed by atoms with Crippen molar-refractivity contribution < 1.29 is 84.7 Å². The lowest BCUT2D eigenvalue weighted by atomic mass is 9.82. The molecule has 0 aromatic carbocycles. The van der Waals surface area contributed by atoms with Gasteiger partial charge in [0.2, 0.25) is 5.91 Å². The van der Waals surface area contributed by atoms with Gasteiger partial charge < -0.3 is 86.2 Å². The standard InChI is InChI=1S/C49H78N2O17/c1-29-17-15-13-11-9-7-5-6-8-10-12-14-16-18-36(67-48-46(62)43(50)45(61)32(4)66-48)26-40-42(47(63)51-21-22-52)39(58)28-49(64,68-40)27-35(55)24-38(57)37(56)20-19-33(53)23-34(54)25-41(59)65-31(3)30(2)44(29)60/h5-18,29-40,42-46,48,52-58,60-62,64H,19-28,50H2,1-4H3,(H,51,63)/b6-5+,9-7+,10-8+,13-11+,14-12+,17-15+,18-16+/t29-,30-,31-,32?,33?,34?,35?,36?,37?,38?,39-,40-,42?,43?,44?,45?,46?,48?,49?/m0/s1. The monoisotopic (exact) mass is 967 g/mol. The van der Waals surface area contributed by atoms with Crippen LogP contribution in [0, 0.1) is 17.8 Å². The van der Waals surface area contributed by atoms with Gasteiger partial charge in [-0.15, -0.1) is 0 Å². The van der Waals surface area contributed by atoms with E-state index in [1.807, 2.05) is 31.2 Å². The fourth-order valence-corrected chi connectivity index (χ4v) is 8.29. The van der Waals surface area contributed by atoms with E-state index in [0.29, 0.717) is 0 Å². The molecule has 2 fully saturated rings. The predicted molar refractivity (Wildman–Crippen MR) is 249 cm³/mol. The zero-order chi connectivity index (χ0) is 50.6. The summed E-state index contributed by atoms with van der Waals surface area (Å²) >= 11 is 0. The van der Waals surface area contributed by atoms with Crippen LogP contribution in [0.3, 0.4) is 0 Å². The number of nitrogens with two attached hydrogens (primary N) is 1. The highest BCUT2D eigenvalue weighted by Crippen LogP contribution is 2.38. The number of carbonyl (C=O) groups is 2. The molecule has 386 valence electrons. The van der Waals surface area contributed by atoms with Gasteiger partial charge >= 0.3 is 5.97 Å². The van der Waals surface area contributed by atoms with Crippen molar-refractivity contribution in [2.24, 2.45) is 23.5 Å². The highest BCUT2D eigenvalue weighted by molar-refractivity contribution is 5.80. The summed E-state index contributed by atoms with van der Waals surface area (Å²) in [6.07, 6.45) is 4.15. The molecule has 3 heterocycles. The van der Waals surface area contributed by atoms with Gasteiger partial charge in [-0.25, -0.2) is 0 Å². The summed E-state index contributed by atoms with van der Waals surface area (Å²) in [4.78, 5) is 26.1. The van der Waals surface area contributed by atoms with E-state index in [9.17, 15) is 65.8 Å². The fraction of sp³-hybridized carbons (Fsp3) is 0.673. The van der Waals surface area contributed by atoms with Crippen molar-refractivity contribution in [1.82, 2.24) is 5.32 Å². The second-order valence-corrected chi connectivity index (χ2v) is 18.2. The van der Waals surface area contributed by atoms with Crippen LogP contribution in [0.15, 0.2) is 85.1 Å². The van der Waals surface area contributed by atoms with Gasteiger partial charge in [0.25, 0.3) is 0 Å². The summed E-state index contributed by atoms with van der Waals surface area (Å²) in [7, 11) is 0. The molecule has 19 atom stereocenters. The molecule has 0 aromatic heterocycles. The predicted octanol–water partition coefficient (Wildman–Crippen LogP) is -0.264. The Hall–Kier alpha value is -3.48. The first-order valence-electron chi connectivity index (χ1n) is 23.5. The minimum atomic E-state index is -2.30. The summed E-state index contributed by atoms with van der Waals surface area (Å²) in [5.74, 6) is -5.83. The summed E-state index contributed by atoms with van der Waals surface area (Å²) in [5.41, 5.74) is 6.07. The Labute approximate surface area is 399 Å². The van der Waals surface area contributed by atoms with E-state index in [1.165, 1.54) is 0 Å². The molecule has 2 saturated heterocycles. The molecule has 0 aliphatic carbocycles. The number of carbonyl (C=O) groups excluding carboxylic acids is 2. The molecule has 0 radical (unpaired) electrons. The molecular formula is C49H78N2O17. The number of fused-ring (bicyclic) bond motifs is 2. The summed E-state index contributed by atoms with van der Waals surface area (Å²) < 4.78 is 23.5. The lowest BCUT2D eigenvalue weighted by molar-refractivity contribution is -0.307. The van der Waals surface area contributed by atoms with Gasteiger partial charge in [-0.05, 0) is 33.1 Å². The molecule has 0 aromatic rings. The topological polar surface area (TPSA) is 332 Å². The van der Waals surface area contributed by atoms with E-state index < -0.39 is 153 Å². The number of hydrogen-bond donors (Lipinski definition) is 13. The summed E-state index contributed by atoms with van der Waals surface area (Å²) in [5, 5.41) is 121. The van der Waals surface area contributed by atoms with E-state index in [2.05, 4.69) is 5.32 Å². The Morgan fingerprint density at radius 1 is 0.706 bits per heavy atom. The summed E-state index contributed by atoms with van der Waals surface area (Å²) in [6.45, 7) is 6.19. The van der Waals surface area contributed by atoms with Crippen LogP contribution < -0.4 is 11.1 Å². The lowest BCUT2D eigenvalue weighted by Crippen LogP contribution is -2.62. The second kappa shape index (κ2) is 29.6. The van der Waals surface area contributed by atoms with Crippen molar-refractivity contribution in [3.8, 4) is 0 Å². The molecule has 19 nitrogen and oxygen atoms in total. The van der Waals surface area contributed by atoms with Crippen molar-refractivity contribution in [1.29, 1.82) is 0 Å². The minimum absolute atomic E-state index is 0.104. The Bertz CT molecular complexity index is 1720. The Morgan fingerprint density at radius 3 is 1.90 bits per heavy atom. The van der Waals surface area contributed by atoms with E-state index in [0.717, 1.165) is 0 Å². The van der Waals surface area contributed by atoms with Gasteiger partial charge in [-0.1, -0.05) is 98.9 Å². The van der Waals surface area contributed by atoms with Crippen LogP contribution in [0.1, 0.15) is 79.1 Å². The maximum absolute atomic E-state index is 13.4. The van der Waals surface area contributed by atoms with Gasteiger partial charge in [0.15, 0.2) is 12.1 Å². The number of cyclic esters (lactones) is 1. The quantitative estimate of drug-likeness (QED) is 0.158. The third-order valence-electron chi connectivity index (χ3n) is 12.5. The van der Waals surface area contributed by atoms with Crippen molar-refractivity contribution in [2.45, 2.75) is 177 Å². The molecule has 3 aliphatic heterocycles. The summed E-state index contributed by atoms with van der Waals surface area (Å²) in [6, 6.07) is -1.14. The zero-order valence-electron chi connectivity index (χ0n) is 39.5. The third kappa shape index (κ3) is 19.7. The molecular weight excluding hydrogens is 889 g/mol. The van der Waals surface area contributed by atoms with Gasteiger partial charge in [0, 0.05) is 44.1 Å². The Morgan fingerprint density at radius 2 is 1.29 bits per heavy atom. The first-order valence-corrected chi connectivity index (χ1v) is 23.5. The molecule has 0 spiro atoms. The molecule has 2 bridgehead atoms. The van der Waals surface area contributed by atoms with E-state index >= 15 is 0 Å². The van der Waals surface area contributed by atoms with Crippen molar-refractivity contribution in [3.63, 3.8) is 0 Å². The second-order valence-electron chi connectivity index (χ2n) is 18.2. The lowest BCUT2D eigenvalue weighted by Gasteiger charge is -2.46.